The molecule has 0 bridgehead atoms. The van der Waals surface area contributed by atoms with Gasteiger partial charge in [0.25, 0.3) is 0 Å². The maximum absolute atomic E-state index is 4.46. The Morgan fingerprint density at radius 2 is 2.00 bits per heavy atom. The summed E-state index contributed by atoms with van der Waals surface area (Å²) in [6.07, 6.45) is 9.70. The molecule has 1 heterocycles. The lowest BCUT2D eigenvalue weighted by molar-refractivity contribution is 0.379. The van der Waals surface area contributed by atoms with Crippen LogP contribution >= 0.6 is 11.8 Å². The first-order valence-corrected chi connectivity index (χ1v) is 7.35. The molecule has 0 saturated heterocycles. The standard InChI is InChI=1S/C12H20N4S/c1-3-14-10-7-13-8-11(16-10)15-9-12(17-2)5-4-6-12/h7-8H,3-6,9H2,1-2H3,(H2,14,15,16). The molecule has 0 radical (unpaired) electrons. The normalized spacial score (nSPS) is 17.3. The summed E-state index contributed by atoms with van der Waals surface area (Å²) in [7, 11) is 0. The number of rotatable bonds is 6. The van der Waals surface area contributed by atoms with Crippen molar-refractivity contribution in [3.8, 4) is 0 Å². The topological polar surface area (TPSA) is 49.8 Å². The summed E-state index contributed by atoms with van der Waals surface area (Å²) >= 11 is 1.97. The van der Waals surface area contributed by atoms with Crippen LogP contribution in [0.4, 0.5) is 11.6 Å². The predicted octanol–water partition coefficient (Wildman–Crippen LogP) is 2.61. The van der Waals surface area contributed by atoms with E-state index in [4.69, 9.17) is 0 Å². The van der Waals surface area contributed by atoms with Crippen LogP contribution in [0.5, 0.6) is 0 Å². The average Bonchev–Trinajstić information content (AvgIpc) is 2.29. The summed E-state index contributed by atoms with van der Waals surface area (Å²) in [5, 5.41) is 6.57. The summed E-state index contributed by atoms with van der Waals surface area (Å²) in [4.78, 5) is 8.64. The molecule has 1 aliphatic carbocycles. The lowest BCUT2D eigenvalue weighted by atomic mass is 9.84. The first-order valence-electron chi connectivity index (χ1n) is 6.13. The molecule has 4 nitrogen and oxygen atoms in total. The van der Waals surface area contributed by atoms with E-state index in [2.05, 4.69) is 33.8 Å². The van der Waals surface area contributed by atoms with E-state index in [9.17, 15) is 0 Å². The molecule has 0 aliphatic heterocycles. The second-order valence-corrected chi connectivity index (χ2v) is 5.69. The van der Waals surface area contributed by atoms with Crippen LogP contribution in [-0.2, 0) is 0 Å². The fourth-order valence-corrected chi connectivity index (χ4v) is 2.91. The van der Waals surface area contributed by atoms with Crippen molar-refractivity contribution in [1.29, 1.82) is 0 Å². The second kappa shape index (κ2) is 5.58. The minimum absolute atomic E-state index is 0.426. The van der Waals surface area contributed by atoms with Gasteiger partial charge in [0, 0.05) is 17.8 Å². The van der Waals surface area contributed by atoms with Crippen molar-refractivity contribution in [2.45, 2.75) is 30.9 Å². The molecule has 2 N–H and O–H groups in total. The Balaban J connectivity index is 1.92. The van der Waals surface area contributed by atoms with Crippen molar-refractivity contribution in [2.75, 3.05) is 30.0 Å². The van der Waals surface area contributed by atoms with Gasteiger partial charge >= 0.3 is 0 Å². The Morgan fingerprint density at radius 1 is 1.29 bits per heavy atom. The summed E-state index contributed by atoms with van der Waals surface area (Å²) in [6, 6.07) is 0. The third kappa shape index (κ3) is 3.03. The van der Waals surface area contributed by atoms with Gasteiger partial charge in [-0.25, -0.2) is 4.98 Å². The summed E-state index contributed by atoms with van der Waals surface area (Å²) in [5.41, 5.74) is 0. The first kappa shape index (κ1) is 12.5. The molecule has 0 unspecified atom stereocenters. The van der Waals surface area contributed by atoms with E-state index in [-0.39, 0.29) is 0 Å². The SMILES string of the molecule is CCNc1cncc(NCC2(SC)CCC2)n1. The summed E-state index contributed by atoms with van der Waals surface area (Å²) in [5.74, 6) is 1.70. The summed E-state index contributed by atoms with van der Waals surface area (Å²) < 4.78 is 0.426. The van der Waals surface area contributed by atoms with E-state index in [0.717, 1.165) is 24.7 Å². The number of nitrogens with one attached hydrogen (secondary N) is 2. The van der Waals surface area contributed by atoms with Crippen molar-refractivity contribution in [3.05, 3.63) is 12.4 Å². The fraction of sp³-hybridized carbons (Fsp3) is 0.667. The van der Waals surface area contributed by atoms with Gasteiger partial charge in [-0.2, -0.15) is 11.8 Å². The maximum atomic E-state index is 4.46. The monoisotopic (exact) mass is 252 g/mol. The Morgan fingerprint density at radius 3 is 2.53 bits per heavy atom. The molecule has 5 heteroatoms. The predicted molar refractivity (Wildman–Crippen MR) is 74.8 cm³/mol. The van der Waals surface area contributed by atoms with Crippen LogP contribution in [0, 0.1) is 0 Å². The molecule has 1 fully saturated rings. The van der Waals surface area contributed by atoms with Crippen LogP contribution < -0.4 is 10.6 Å². The number of hydrogen-bond donors (Lipinski definition) is 2. The van der Waals surface area contributed by atoms with Gasteiger partial charge in [-0.1, -0.05) is 6.42 Å². The zero-order valence-corrected chi connectivity index (χ0v) is 11.3. The third-order valence-electron chi connectivity index (χ3n) is 3.28. The molecular formula is C12H20N4S. The van der Waals surface area contributed by atoms with E-state index in [0.29, 0.717) is 4.75 Å². The Labute approximate surface area is 107 Å². The number of hydrogen-bond acceptors (Lipinski definition) is 5. The van der Waals surface area contributed by atoms with Gasteiger partial charge in [0.05, 0.1) is 12.4 Å². The number of nitrogens with zero attached hydrogens (tertiary/aromatic N) is 2. The number of aromatic nitrogens is 2. The van der Waals surface area contributed by atoms with Crippen molar-refractivity contribution >= 4 is 23.4 Å². The quantitative estimate of drug-likeness (QED) is 0.815. The van der Waals surface area contributed by atoms with Crippen molar-refractivity contribution in [3.63, 3.8) is 0 Å². The average molecular weight is 252 g/mol. The van der Waals surface area contributed by atoms with E-state index >= 15 is 0 Å². The number of thioether (sulfide) groups is 1. The molecule has 0 amide bonds. The van der Waals surface area contributed by atoms with Gasteiger partial charge in [-0.3, -0.25) is 4.98 Å². The molecule has 1 saturated carbocycles. The summed E-state index contributed by atoms with van der Waals surface area (Å²) in [6.45, 7) is 3.91. The molecule has 0 spiro atoms. The minimum Gasteiger partial charge on any atom is -0.369 e. The molecule has 0 aromatic carbocycles. The fourth-order valence-electron chi connectivity index (χ4n) is 1.99. The zero-order chi connectivity index (χ0) is 12.1. The van der Waals surface area contributed by atoms with Crippen LogP contribution in [0.25, 0.3) is 0 Å². The molecule has 1 aromatic heterocycles. The van der Waals surface area contributed by atoms with Gasteiger partial charge < -0.3 is 10.6 Å². The lowest BCUT2D eigenvalue weighted by Crippen LogP contribution is -2.40. The Bertz CT molecular complexity index is 360. The highest BCUT2D eigenvalue weighted by Gasteiger charge is 2.35. The smallest absolute Gasteiger partial charge is 0.147 e. The van der Waals surface area contributed by atoms with Crippen molar-refractivity contribution in [1.82, 2.24) is 9.97 Å². The molecule has 94 valence electrons. The molecule has 1 aromatic rings. The van der Waals surface area contributed by atoms with Crippen molar-refractivity contribution < 1.29 is 0 Å². The minimum atomic E-state index is 0.426. The van der Waals surface area contributed by atoms with Crippen LogP contribution in [0.3, 0.4) is 0 Å². The highest BCUT2D eigenvalue weighted by atomic mass is 32.2. The van der Waals surface area contributed by atoms with E-state index in [1.54, 1.807) is 12.4 Å². The lowest BCUT2D eigenvalue weighted by Gasteiger charge is -2.40. The largest absolute Gasteiger partial charge is 0.369 e. The van der Waals surface area contributed by atoms with Gasteiger partial charge in [-0.15, -0.1) is 0 Å². The van der Waals surface area contributed by atoms with Crippen molar-refractivity contribution in [2.24, 2.45) is 0 Å². The second-order valence-electron chi connectivity index (χ2n) is 4.41. The molecule has 0 atom stereocenters. The van der Waals surface area contributed by atoms with E-state index in [1.165, 1.54) is 19.3 Å². The number of anilines is 2. The Hall–Kier alpha value is -0.970. The molecule has 17 heavy (non-hydrogen) atoms. The third-order valence-corrected chi connectivity index (χ3v) is 4.70. The van der Waals surface area contributed by atoms with Gasteiger partial charge in [-0.05, 0) is 26.0 Å². The van der Waals surface area contributed by atoms with E-state index in [1.807, 2.05) is 11.8 Å². The van der Waals surface area contributed by atoms with Crippen LogP contribution in [0.2, 0.25) is 0 Å². The van der Waals surface area contributed by atoms with Crippen LogP contribution in [-0.4, -0.2) is 34.1 Å². The maximum Gasteiger partial charge on any atom is 0.147 e. The molecule has 1 aliphatic rings. The van der Waals surface area contributed by atoms with Gasteiger partial charge in [0.15, 0.2) is 0 Å². The zero-order valence-electron chi connectivity index (χ0n) is 10.5. The Kier molecular flexibility index (Phi) is 4.10. The van der Waals surface area contributed by atoms with Gasteiger partial charge in [0.2, 0.25) is 0 Å². The highest BCUT2D eigenvalue weighted by Crippen LogP contribution is 2.42. The molecular weight excluding hydrogens is 232 g/mol. The molecule has 2 rings (SSSR count). The van der Waals surface area contributed by atoms with Crippen LogP contribution in [0.15, 0.2) is 12.4 Å². The highest BCUT2D eigenvalue weighted by molar-refractivity contribution is 8.00. The first-order chi connectivity index (χ1) is 8.28. The van der Waals surface area contributed by atoms with Crippen LogP contribution in [0.1, 0.15) is 26.2 Å². The van der Waals surface area contributed by atoms with Gasteiger partial charge in [0.1, 0.15) is 11.6 Å². The van der Waals surface area contributed by atoms with E-state index < -0.39 is 0 Å².